The van der Waals surface area contributed by atoms with Crippen molar-refractivity contribution in [2.45, 2.75) is 36.8 Å². The van der Waals surface area contributed by atoms with Crippen molar-refractivity contribution in [3.05, 3.63) is 53.6 Å². The van der Waals surface area contributed by atoms with E-state index >= 15 is 0 Å². The fourth-order valence-corrected chi connectivity index (χ4v) is 5.85. The quantitative estimate of drug-likeness (QED) is 0.203. The van der Waals surface area contributed by atoms with E-state index in [2.05, 4.69) is 19.9 Å². The highest BCUT2D eigenvalue weighted by molar-refractivity contribution is 7.99. The van der Waals surface area contributed by atoms with Crippen molar-refractivity contribution in [1.29, 1.82) is 0 Å². The van der Waals surface area contributed by atoms with Gasteiger partial charge in [0, 0.05) is 41.8 Å². The van der Waals surface area contributed by atoms with Crippen LogP contribution >= 0.6 is 23.4 Å². The molecule has 1 aromatic carbocycles. The van der Waals surface area contributed by atoms with E-state index in [1.807, 2.05) is 11.5 Å². The summed E-state index contributed by atoms with van der Waals surface area (Å²) in [5.74, 6) is 1.10. The maximum Gasteiger partial charge on any atom is 0.249 e. The molecule has 1 amide bonds. The summed E-state index contributed by atoms with van der Waals surface area (Å²) < 4.78 is 5.33. The number of ether oxygens (including phenoxy) is 1. The summed E-state index contributed by atoms with van der Waals surface area (Å²) in [4.78, 5) is 27.8. The minimum Gasteiger partial charge on any atom is -0.497 e. The Bertz CT molecular complexity index is 1180. The zero-order valence-corrected chi connectivity index (χ0v) is 21.6. The van der Waals surface area contributed by atoms with Crippen LogP contribution in [-0.2, 0) is 4.79 Å². The molecule has 0 bridgehead atoms. The van der Waals surface area contributed by atoms with Gasteiger partial charge in [-0.3, -0.25) is 20.0 Å². The van der Waals surface area contributed by atoms with Crippen LogP contribution in [-0.4, -0.2) is 68.6 Å². The van der Waals surface area contributed by atoms with Gasteiger partial charge in [0.1, 0.15) is 10.8 Å². The molecule has 192 valence electrons. The first-order valence-electron chi connectivity index (χ1n) is 11.8. The van der Waals surface area contributed by atoms with Gasteiger partial charge in [-0.2, -0.15) is 0 Å². The Morgan fingerprint density at radius 2 is 2.08 bits per heavy atom. The molecule has 0 spiro atoms. The van der Waals surface area contributed by atoms with Crippen LogP contribution in [0.1, 0.15) is 37.4 Å². The molecule has 11 heteroatoms. The Kier molecular flexibility index (Phi) is 8.97. The van der Waals surface area contributed by atoms with E-state index in [1.54, 1.807) is 49.6 Å². The number of thioether (sulfide) groups is 1. The molecule has 3 N–H and O–H groups in total. The number of halogens is 1. The van der Waals surface area contributed by atoms with E-state index in [0.717, 1.165) is 30.4 Å². The van der Waals surface area contributed by atoms with E-state index in [1.165, 1.54) is 6.20 Å². The minimum absolute atomic E-state index is 0.311. The number of carbonyl (C=O) groups excluding carboxylic acids is 1. The summed E-state index contributed by atoms with van der Waals surface area (Å²) in [5, 5.41) is 22.6. The molecule has 0 aliphatic carbocycles. The van der Waals surface area contributed by atoms with E-state index in [9.17, 15) is 15.1 Å². The predicted octanol–water partition coefficient (Wildman–Crippen LogP) is 3.88. The lowest BCUT2D eigenvalue weighted by atomic mass is 9.73. The molecule has 1 aliphatic rings. The van der Waals surface area contributed by atoms with E-state index < -0.39 is 17.4 Å². The van der Waals surface area contributed by atoms with Crippen LogP contribution in [0.2, 0.25) is 5.02 Å². The van der Waals surface area contributed by atoms with Crippen molar-refractivity contribution in [3.63, 3.8) is 0 Å². The number of hydrogen-bond donors (Lipinski definition) is 3. The van der Waals surface area contributed by atoms with Gasteiger partial charge >= 0.3 is 0 Å². The Hall–Kier alpha value is -2.50. The molecule has 3 aromatic rings. The molecule has 36 heavy (non-hydrogen) atoms. The van der Waals surface area contributed by atoms with Crippen molar-refractivity contribution in [2.75, 3.05) is 32.5 Å². The van der Waals surface area contributed by atoms with Crippen LogP contribution in [0.25, 0.3) is 10.9 Å². The summed E-state index contributed by atoms with van der Waals surface area (Å²) in [6, 6.07) is 5.43. The van der Waals surface area contributed by atoms with Gasteiger partial charge in [0.05, 0.1) is 35.4 Å². The second kappa shape index (κ2) is 12.2. The number of aliphatic hydroxyl groups excluding tert-OH is 1. The Balaban J connectivity index is 1.40. The zero-order chi connectivity index (χ0) is 25.5. The van der Waals surface area contributed by atoms with Crippen LogP contribution in [0.5, 0.6) is 5.75 Å². The van der Waals surface area contributed by atoms with Gasteiger partial charge in [0.15, 0.2) is 0 Å². The maximum absolute atomic E-state index is 12.8. The number of aliphatic hydroxyl groups is 1. The van der Waals surface area contributed by atoms with Gasteiger partial charge in [-0.15, -0.1) is 11.8 Å². The largest absolute Gasteiger partial charge is 0.497 e. The molecular weight excluding hydrogens is 502 g/mol. The van der Waals surface area contributed by atoms with E-state index in [-0.39, 0.29) is 0 Å². The highest BCUT2D eigenvalue weighted by Gasteiger charge is 2.41. The zero-order valence-electron chi connectivity index (χ0n) is 20.1. The number of hydrogen-bond acceptors (Lipinski definition) is 9. The number of hydroxylamine groups is 1. The number of nitrogens with one attached hydrogen (secondary N) is 1. The van der Waals surface area contributed by atoms with Crippen LogP contribution in [0.4, 0.5) is 0 Å². The van der Waals surface area contributed by atoms with Gasteiger partial charge in [0.25, 0.3) is 0 Å². The van der Waals surface area contributed by atoms with Gasteiger partial charge in [-0.05, 0) is 57.0 Å². The summed E-state index contributed by atoms with van der Waals surface area (Å²) in [7, 11) is 1.58. The number of fused-ring (bicyclic) bond motifs is 1. The van der Waals surface area contributed by atoms with Gasteiger partial charge < -0.3 is 14.7 Å². The molecule has 1 fully saturated rings. The molecule has 0 unspecified atom stereocenters. The number of carbonyl (C=O) groups is 1. The minimum atomic E-state index is -0.903. The Morgan fingerprint density at radius 1 is 1.28 bits per heavy atom. The second-order valence-electron chi connectivity index (χ2n) is 8.91. The average Bonchev–Trinajstić information content (AvgIpc) is 2.92. The smallest absolute Gasteiger partial charge is 0.249 e. The second-order valence-corrected chi connectivity index (χ2v) is 10.4. The van der Waals surface area contributed by atoms with Crippen LogP contribution < -0.4 is 10.2 Å². The highest BCUT2D eigenvalue weighted by Crippen LogP contribution is 2.41. The van der Waals surface area contributed by atoms with E-state index in [4.69, 9.17) is 16.3 Å². The van der Waals surface area contributed by atoms with Crippen molar-refractivity contribution in [3.8, 4) is 5.75 Å². The van der Waals surface area contributed by atoms with Gasteiger partial charge in [-0.1, -0.05) is 11.6 Å². The van der Waals surface area contributed by atoms with Crippen LogP contribution in [0.15, 0.2) is 48.0 Å². The van der Waals surface area contributed by atoms with Crippen molar-refractivity contribution in [1.82, 2.24) is 25.3 Å². The van der Waals surface area contributed by atoms with Crippen molar-refractivity contribution >= 4 is 40.2 Å². The fourth-order valence-electron chi connectivity index (χ4n) is 4.74. The third kappa shape index (κ3) is 6.07. The molecular formula is C25H30ClN5O4S. The van der Waals surface area contributed by atoms with Crippen molar-refractivity contribution in [2.24, 2.45) is 5.41 Å². The normalized spacial score (nSPS) is 16.6. The lowest BCUT2D eigenvalue weighted by Gasteiger charge is -2.40. The first kappa shape index (κ1) is 26.6. The molecule has 9 nitrogen and oxygen atoms in total. The number of methoxy groups -OCH3 is 1. The number of piperidine rings is 1. The number of amides is 1. The lowest BCUT2D eigenvalue weighted by molar-refractivity contribution is -0.143. The summed E-state index contributed by atoms with van der Waals surface area (Å²) in [6.45, 7) is 2.31. The highest BCUT2D eigenvalue weighted by atomic mass is 35.5. The van der Waals surface area contributed by atoms with E-state index in [0.29, 0.717) is 52.9 Å². The molecule has 3 heterocycles. The molecule has 2 aromatic heterocycles. The van der Waals surface area contributed by atoms with Crippen LogP contribution in [0, 0.1) is 5.41 Å². The predicted molar refractivity (Wildman–Crippen MR) is 138 cm³/mol. The first-order chi connectivity index (χ1) is 17.5. The lowest BCUT2D eigenvalue weighted by Crippen LogP contribution is -2.48. The molecule has 0 saturated carbocycles. The van der Waals surface area contributed by atoms with Gasteiger partial charge in [0.2, 0.25) is 5.91 Å². The maximum atomic E-state index is 12.8. The van der Waals surface area contributed by atoms with Crippen molar-refractivity contribution < 1.29 is 19.8 Å². The number of aromatic nitrogens is 3. The van der Waals surface area contributed by atoms with Gasteiger partial charge in [-0.25, -0.2) is 10.5 Å². The Morgan fingerprint density at radius 3 is 2.78 bits per heavy atom. The standard InChI is InChI=1S/C25H30ClN5O4S/c1-35-17-2-3-20-18(14-17)23(19(26)15-29-20)21(32)4-5-25(24(33)30-34)6-10-31(11-7-25)12-13-36-22-16-27-8-9-28-22/h2-3,8-9,14-16,21,32,34H,4-7,10-13H2,1H3,(H,30,33)/t21-/m1/s1. The first-order valence-corrected chi connectivity index (χ1v) is 13.2. The fraction of sp³-hybridized carbons (Fsp3) is 0.440. The molecule has 1 aliphatic heterocycles. The average molecular weight is 532 g/mol. The summed E-state index contributed by atoms with van der Waals surface area (Å²) >= 11 is 8.10. The topological polar surface area (TPSA) is 121 Å². The monoisotopic (exact) mass is 531 g/mol. The number of rotatable bonds is 10. The molecule has 4 rings (SSSR count). The third-order valence-corrected chi connectivity index (χ3v) is 8.09. The number of benzene rings is 1. The number of likely N-dealkylation sites (tertiary alicyclic amines) is 1. The van der Waals surface area contributed by atoms with Crippen LogP contribution in [0.3, 0.4) is 0 Å². The number of nitrogens with zero attached hydrogens (tertiary/aromatic N) is 4. The SMILES string of the molecule is COc1ccc2ncc(Cl)c([C@H](O)CCC3(C(=O)NO)CCN(CCSc4cnccn4)CC3)c2c1. The molecule has 0 radical (unpaired) electrons. The summed E-state index contributed by atoms with van der Waals surface area (Å²) in [6.07, 6.45) is 7.59. The number of pyridine rings is 1. The Labute approximate surface area is 219 Å². The summed E-state index contributed by atoms with van der Waals surface area (Å²) in [5.41, 5.74) is 2.36. The molecule has 1 atom stereocenters. The third-order valence-electron chi connectivity index (χ3n) is 6.89. The molecule has 1 saturated heterocycles.